The van der Waals surface area contributed by atoms with Crippen LogP contribution in [0.4, 0.5) is 0 Å². The number of hydrogen-bond donors (Lipinski definition) is 1. The second kappa shape index (κ2) is 5.22. The van der Waals surface area contributed by atoms with Crippen LogP contribution in [0, 0.1) is 28.1 Å². The van der Waals surface area contributed by atoms with Crippen molar-refractivity contribution < 1.29 is 9.90 Å². The van der Waals surface area contributed by atoms with Gasteiger partial charge in [-0.3, -0.25) is 4.79 Å². The van der Waals surface area contributed by atoms with Crippen molar-refractivity contribution in [1.82, 2.24) is 0 Å². The van der Waals surface area contributed by atoms with E-state index in [9.17, 15) is 9.90 Å². The summed E-state index contributed by atoms with van der Waals surface area (Å²) in [6, 6.07) is 0. The molecule has 23 heavy (non-hydrogen) atoms. The van der Waals surface area contributed by atoms with Gasteiger partial charge in [-0.05, 0) is 69.6 Å². The summed E-state index contributed by atoms with van der Waals surface area (Å²) >= 11 is 0. The Hall–Kier alpha value is -1.05. The first kappa shape index (κ1) is 16.8. The zero-order valence-electron chi connectivity index (χ0n) is 15.2. The highest BCUT2D eigenvalue weighted by Gasteiger charge is 2.58. The molecular weight excluding hydrogens is 284 g/mol. The van der Waals surface area contributed by atoms with Gasteiger partial charge in [0.2, 0.25) is 0 Å². The molecule has 0 radical (unpaired) electrons. The quantitative estimate of drug-likeness (QED) is 0.674. The van der Waals surface area contributed by atoms with E-state index in [2.05, 4.69) is 33.4 Å². The van der Waals surface area contributed by atoms with Crippen LogP contribution in [0.3, 0.4) is 0 Å². The fourth-order valence-electron chi connectivity index (χ4n) is 6.09. The molecule has 1 N–H and O–H groups in total. The van der Waals surface area contributed by atoms with Crippen molar-refractivity contribution in [3.8, 4) is 0 Å². The highest BCUT2D eigenvalue weighted by Crippen LogP contribution is 2.64. The van der Waals surface area contributed by atoms with Gasteiger partial charge in [-0.1, -0.05) is 44.1 Å². The van der Waals surface area contributed by atoms with Crippen LogP contribution in [0.25, 0.3) is 0 Å². The smallest absolute Gasteiger partial charge is 0.309 e. The molecule has 2 nitrogen and oxygen atoms in total. The van der Waals surface area contributed by atoms with Crippen LogP contribution in [0.1, 0.15) is 72.6 Å². The Kier molecular flexibility index (Phi) is 3.82. The van der Waals surface area contributed by atoms with E-state index in [0.717, 1.165) is 32.1 Å². The Balaban J connectivity index is 1.99. The Morgan fingerprint density at radius 3 is 2.52 bits per heavy atom. The van der Waals surface area contributed by atoms with Crippen molar-refractivity contribution in [3.63, 3.8) is 0 Å². The molecule has 3 aliphatic rings. The molecule has 0 aromatic carbocycles. The highest BCUT2D eigenvalue weighted by molar-refractivity contribution is 5.75. The number of hydrogen-bond acceptors (Lipinski definition) is 1. The molecule has 0 bridgehead atoms. The van der Waals surface area contributed by atoms with Crippen molar-refractivity contribution >= 4 is 5.97 Å². The summed E-state index contributed by atoms with van der Waals surface area (Å²) in [5, 5.41) is 9.88. The van der Waals surface area contributed by atoms with Crippen molar-refractivity contribution in [2.45, 2.75) is 72.6 Å². The van der Waals surface area contributed by atoms with Gasteiger partial charge >= 0.3 is 5.97 Å². The maximum atomic E-state index is 12.0. The average molecular weight is 316 g/mol. The molecule has 0 unspecified atom stereocenters. The molecule has 2 saturated carbocycles. The summed E-state index contributed by atoms with van der Waals surface area (Å²) in [5.74, 6) is 0.314. The van der Waals surface area contributed by atoms with Gasteiger partial charge in [-0.25, -0.2) is 0 Å². The molecule has 3 aliphatic carbocycles. The lowest BCUT2D eigenvalue weighted by molar-refractivity contribution is -0.164. The number of aliphatic carboxylic acids is 1. The van der Waals surface area contributed by atoms with Crippen LogP contribution < -0.4 is 0 Å². The van der Waals surface area contributed by atoms with E-state index in [1.54, 1.807) is 5.57 Å². The van der Waals surface area contributed by atoms with Crippen molar-refractivity contribution in [2.75, 3.05) is 0 Å². The van der Waals surface area contributed by atoms with E-state index in [-0.39, 0.29) is 10.8 Å². The second-order valence-electron chi connectivity index (χ2n) is 9.18. The molecule has 0 aliphatic heterocycles. The van der Waals surface area contributed by atoms with Crippen LogP contribution in [-0.2, 0) is 4.79 Å². The standard InChI is InChI=1S/C21H32O2/c1-14(2)19(3)12-9-16-15(13-19)7-8-17-20(16,4)10-6-11-21(17,5)18(22)23/h13,16-17H,1,6-12H2,2-5H3,(H,22,23)/t16-,17+,19-,20-,21+/m0/s1. The lowest BCUT2D eigenvalue weighted by Crippen LogP contribution is -2.54. The minimum atomic E-state index is -0.580. The number of allylic oxidation sites excluding steroid dienone is 3. The van der Waals surface area contributed by atoms with E-state index in [1.165, 1.54) is 18.4 Å². The fourth-order valence-corrected chi connectivity index (χ4v) is 6.09. The first-order valence-corrected chi connectivity index (χ1v) is 9.24. The first-order valence-electron chi connectivity index (χ1n) is 9.24. The Bertz CT molecular complexity index is 574. The van der Waals surface area contributed by atoms with E-state index < -0.39 is 11.4 Å². The maximum Gasteiger partial charge on any atom is 0.309 e. The lowest BCUT2D eigenvalue weighted by atomic mass is 9.45. The van der Waals surface area contributed by atoms with Gasteiger partial charge in [-0.2, -0.15) is 0 Å². The summed E-state index contributed by atoms with van der Waals surface area (Å²) in [4.78, 5) is 12.0. The van der Waals surface area contributed by atoms with Crippen LogP contribution in [0.5, 0.6) is 0 Å². The molecule has 0 spiro atoms. The van der Waals surface area contributed by atoms with Crippen molar-refractivity contribution in [1.29, 1.82) is 0 Å². The van der Waals surface area contributed by atoms with Gasteiger partial charge in [0.15, 0.2) is 0 Å². The summed E-state index contributed by atoms with van der Waals surface area (Å²) in [5.41, 5.74) is 2.61. The number of fused-ring (bicyclic) bond motifs is 3. The molecule has 2 heteroatoms. The Morgan fingerprint density at radius 2 is 1.91 bits per heavy atom. The van der Waals surface area contributed by atoms with Gasteiger partial charge in [0.05, 0.1) is 5.41 Å². The monoisotopic (exact) mass is 316 g/mol. The molecule has 5 atom stereocenters. The molecule has 0 saturated heterocycles. The minimum absolute atomic E-state index is 0.139. The first-order chi connectivity index (χ1) is 10.6. The van der Waals surface area contributed by atoms with Gasteiger partial charge in [0.25, 0.3) is 0 Å². The predicted octanol–water partition coefficient (Wildman–Crippen LogP) is 5.60. The van der Waals surface area contributed by atoms with Gasteiger partial charge < -0.3 is 5.11 Å². The number of carboxylic acid groups (broad SMARTS) is 1. The molecular formula is C21H32O2. The molecule has 0 amide bonds. The second-order valence-corrected chi connectivity index (χ2v) is 9.18. The van der Waals surface area contributed by atoms with Crippen LogP contribution >= 0.6 is 0 Å². The lowest BCUT2D eigenvalue weighted by Gasteiger charge is -2.59. The third kappa shape index (κ3) is 2.32. The van der Waals surface area contributed by atoms with Crippen molar-refractivity contribution in [2.24, 2.45) is 28.1 Å². The van der Waals surface area contributed by atoms with Gasteiger partial charge in [-0.15, -0.1) is 0 Å². The van der Waals surface area contributed by atoms with E-state index >= 15 is 0 Å². The fraction of sp³-hybridized carbons (Fsp3) is 0.762. The van der Waals surface area contributed by atoms with E-state index in [1.807, 2.05) is 6.92 Å². The summed E-state index contributed by atoms with van der Waals surface area (Å²) < 4.78 is 0. The Morgan fingerprint density at radius 1 is 1.22 bits per heavy atom. The number of carbonyl (C=O) groups is 1. The SMILES string of the molecule is C=C(C)[C@]1(C)C=C2CC[C@@H]3[C@@](C)(CCC[C@@]3(C)C(=O)O)[C@H]2CC1. The zero-order valence-corrected chi connectivity index (χ0v) is 15.2. The molecule has 2 fully saturated rings. The predicted molar refractivity (Wildman–Crippen MR) is 94.2 cm³/mol. The normalized spacial score (nSPS) is 46.3. The summed E-state index contributed by atoms with van der Waals surface area (Å²) in [6.07, 6.45) is 10.0. The van der Waals surface area contributed by atoms with Crippen LogP contribution in [0.2, 0.25) is 0 Å². The van der Waals surface area contributed by atoms with Crippen molar-refractivity contribution in [3.05, 3.63) is 23.8 Å². The molecule has 0 aromatic heterocycles. The largest absolute Gasteiger partial charge is 0.481 e. The van der Waals surface area contributed by atoms with Crippen LogP contribution in [0.15, 0.2) is 23.8 Å². The summed E-state index contributed by atoms with van der Waals surface area (Å²) in [6.45, 7) is 13.1. The zero-order chi connectivity index (χ0) is 17.0. The summed E-state index contributed by atoms with van der Waals surface area (Å²) in [7, 11) is 0. The molecule has 128 valence electrons. The minimum Gasteiger partial charge on any atom is -0.481 e. The van der Waals surface area contributed by atoms with E-state index in [4.69, 9.17) is 0 Å². The molecule has 0 aromatic rings. The van der Waals surface area contributed by atoms with E-state index in [0.29, 0.717) is 11.8 Å². The van der Waals surface area contributed by atoms with Crippen LogP contribution in [-0.4, -0.2) is 11.1 Å². The number of rotatable bonds is 2. The Labute approximate surface area is 141 Å². The maximum absolute atomic E-state index is 12.0. The highest BCUT2D eigenvalue weighted by atomic mass is 16.4. The molecule has 3 rings (SSSR count). The van der Waals surface area contributed by atoms with Gasteiger partial charge in [0, 0.05) is 5.41 Å². The van der Waals surface area contributed by atoms with Gasteiger partial charge in [0.1, 0.15) is 0 Å². The topological polar surface area (TPSA) is 37.3 Å². The number of carboxylic acids is 1. The molecule has 0 heterocycles. The third-order valence-electron chi connectivity index (χ3n) is 7.86. The average Bonchev–Trinajstić information content (AvgIpc) is 2.46. The third-order valence-corrected chi connectivity index (χ3v) is 7.86.